The van der Waals surface area contributed by atoms with Crippen molar-refractivity contribution < 1.29 is 9.90 Å². The Bertz CT molecular complexity index is 410. The number of carbonyl (C=O) groups is 1. The molecule has 1 aliphatic rings. The summed E-state index contributed by atoms with van der Waals surface area (Å²) in [4.78, 5) is 14.9. The van der Waals surface area contributed by atoms with E-state index in [1.54, 1.807) is 7.05 Å². The summed E-state index contributed by atoms with van der Waals surface area (Å²) < 4.78 is 4.09. The van der Waals surface area contributed by atoms with Crippen molar-refractivity contribution in [2.24, 2.45) is 0 Å². The van der Waals surface area contributed by atoms with Crippen molar-refractivity contribution in [3.8, 4) is 0 Å². The first kappa shape index (κ1) is 14.4. The molecule has 0 spiro atoms. The molecule has 0 bridgehead atoms. The number of nitrogens with zero attached hydrogens (tertiary/aromatic N) is 2. The normalized spacial score (nSPS) is 24.3. The SMILES string of the molecule is CNC(=O)CC1(O)CCCN(CCc2ccns2)C1. The zero-order chi connectivity index (χ0) is 13.7. The predicted octanol–water partition coefficient (Wildman–Crippen LogP) is 0.649. The molecule has 2 heterocycles. The first-order valence-electron chi connectivity index (χ1n) is 6.66. The number of amides is 1. The maximum atomic E-state index is 11.4. The van der Waals surface area contributed by atoms with Gasteiger partial charge in [-0.05, 0) is 43.4 Å². The van der Waals surface area contributed by atoms with E-state index in [4.69, 9.17) is 0 Å². The van der Waals surface area contributed by atoms with Gasteiger partial charge in [-0.1, -0.05) is 0 Å². The Labute approximate surface area is 117 Å². The molecule has 19 heavy (non-hydrogen) atoms. The summed E-state index contributed by atoms with van der Waals surface area (Å²) in [5, 5.41) is 13.1. The highest BCUT2D eigenvalue weighted by Gasteiger charge is 2.34. The second-order valence-corrected chi connectivity index (χ2v) is 6.10. The Balaban J connectivity index is 1.84. The third-order valence-electron chi connectivity index (χ3n) is 3.57. The van der Waals surface area contributed by atoms with Crippen molar-refractivity contribution in [1.82, 2.24) is 14.6 Å². The van der Waals surface area contributed by atoms with Crippen molar-refractivity contribution in [2.45, 2.75) is 31.3 Å². The van der Waals surface area contributed by atoms with Gasteiger partial charge in [-0.3, -0.25) is 4.79 Å². The van der Waals surface area contributed by atoms with E-state index < -0.39 is 5.60 Å². The van der Waals surface area contributed by atoms with Gasteiger partial charge < -0.3 is 15.3 Å². The zero-order valence-corrected chi connectivity index (χ0v) is 12.1. The molecule has 0 aliphatic carbocycles. The van der Waals surface area contributed by atoms with E-state index in [1.165, 1.54) is 16.4 Å². The second kappa shape index (κ2) is 6.45. The molecule has 1 aliphatic heterocycles. The predicted molar refractivity (Wildman–Crippen MR) is 75.1 cm³/mol. The number of hydrogen-bond donors (Lipinski definition) is 2. The highest BCUT2D eigenvalue weighted by atomic mass is 32.1. The Morgan fingerprint density at radius 1 is 1.68 bits per heavy atom. The lowest BCUT2D eigenvalue weighted by atomic mass is 9.89. The van der Waals surface area contributed by atoms with Gasteiger partial charge in [0.25, 0.3) is 0 Å². The second-order valence-electron chi connectivity index (χ2n) is 5.18. The van der Waals surface area contributed by atoms with E-state index in [1.807, 2.05) is 12.3 Å². The summed E-state index contributed by atoms with van der Waals surface area (Å²) in [6, 6.07) is 2.03. The summed E-state index contributed by atoms with van der Waals surface area (Å²) in [6.07, 6.45) is 4.62. The molecule has 1 unspecified atom stereocenters. The number of piperidine rings is 1. The van der Waals surface area contributed by atoms with E-state index >= 15 is 0 Å². The molecule has 1 saturated heterocycles. The lowest BCUT2D eigenvalue weighted by Crippen LogP contribution is -2.50. The number of aliphatic hydroxyl groups is 1. The molecule has 2 N–H and O–H groups in total. The maximum absolute atomic E-state index is 11.4. The van der Waals surface area contributed by atoms with Gasteiger partial charge in [0.2, 0.25) is 5.91 Å². The van der Waals surface area contributed by atoms with Gasteiger partial charge in [-0.25, -0.2) is 4.37 Å². The highest BCUT2D eigenvalue weighted by molar-refractivity contribution is 7.05. The standard InChI is InChI=1S/C13H21N3O2S/c1-14-12(17)9-13(18)5-2-7-16(10-13)8-4-11-3-6-15-19-11/h3,6,18H,2,4-5,7-10H2,1H3,(H,14,17). The Hall–Kier alpha value is -0.980. The molecule has 1 fully saturated rings. The fourth-order valence-corrected chi connectivity index (χ4v) is 3.13. The summed E-state index contributed by atoms with van der Waals surface area (Å²) >= 11 is 1.52. The molecule has 0 aromatic carbocycles. The van der Waals surface area contributed by atoms with Gasteiger partial charge in [0.15, 0.2) is 0 Å². The lowest BCUT2D eigenvalue weighted by molar-refractivity contribution is -0.128. The van der Waals surface area contributed by atoms with Crippen molar-refractivity contribution in [3.05, 3.63) is 17.1 Å². The molecule has 1 amide bonds. The van der Waals surface area contributed by atoms with E-state index in [0.29, 0.717) is 13.0 Å². The summed E-state index contributed by atoms with van der Waals surface area (Å²) in [5.41, 5.74) is -0.869. The van der Waals surface area contributed by atoms with Gasteiger partial charge >= 0.3 is 0 Å². The molecule has 0 saturated carbocycles. The Morgan fingerprint density at radius 2 is 2.53 bits per heavy atom. The number of hydrogen-bond acceptors (Lipinski definition) is 5. The Kier molecular flexibility index (Phi) is 4.90. The van der Waals surface area contributed by atoms with E-state index in [2.05, 4.69) is 14.6 Å². The maximum Gasteiger partial charge on any atom is 0.222 e. The van der Waals surface area contributed by atoms with Crippen LogP contribution < -0.4 is 5.32 Å². The molecular weight excluding hydrogens is 262 g/mol. The largest absolute Gasteiger partial charge is 0.388 e. The third-order valence-corrected chi connectivity index (χ3v) is 4.37. The zero-order valence-electron chi connectivity index (χ0n) is 11.3. The van der Waals surface area contributed by atoms with Gasteiger partial charge in [0.05, 0.1) is 12.0 Å². The fourth-order valence-electron chi connectivity index (χ4n) is 2.57. The number of carbonyl (C=O) groups excluding carboxylic acids is 1. The van der Waals surface area contributed by atoms with Crippen LogP contribution in [0.4, 0.5) is 0 Å². The molecule has 2 rings (SSSR count). The molecule has 1 atom stereocenters. The smallest absolute Gasteiger partial charge is 0.222 e. The number of β-amino-alcohol motifs (C(OH)–C–C–N with tert-alkyl or cyclic N) is 1. The number of likely N-dealkylation sites (tertiary alicyclic amines) is 1. The van der Waals surface area contributed by atoms with Crippen LogP contribution in [0.1, 0.15) is 24.1 Å². The van der Waals surface area contributed by atoms with Crippen LogP contribution in [0.2, 0.25) is 0 Å². The van der Waals surface area contributed by atoms with E-state index in [-0.39, 0.29) is 12.3 Å². The van der Waals surface area contributed by atoms with Crippen LogP contribution in [0.25, 0.3) is 0 Å². The average Bonchev–Trinajstić information content (AvgIpc) is 2.89. The van der Waals surface area contributed by atoms with Gasteiger partial charge in [0.1, 0.15) is 0 Å². The van der Waals surface area contributed by atoms with Crippen LogP contribution in [0.3, 0.4) is 0 Å². The fraction of sp³-hybridized carbons (Fsp3) is 0.692. The molecule has 0 radical (unpaired) electrons. The number of rotatable bonds is 5. The molecule has 106 valence electrons. The quantitative estimate of drug-likeness (QED) is 0.833. The minimum absolute atomic E-state index is 0.0909. The van der Waals surface area contributed by atoms with Crippen LogP contribution >= 0.6 is 11.5 Å². The minimum atomic E-state index is -0.869. The first-order valence-corrected chi connectivity index (χ1v) is 7.43. The van der Waals surface area contributed by atoms with Crippen molar-refractivity contribution in [2.75, 3.05) is 26.7 Å². The van der Waals surface area contributed by atoms with Gasteiger partial charge in [-0.2, -0.15) is 0 Å². The average molecular weight is 283 g/mol. The monoisotopic (exact) mass is 283 g/mol. The van der Waals surface area contributed by atoms with Crippen LogP contribution in [0.15, 0.2) is 12.3 Å². The van der Waals surface area contributed by atoms with Crippen LogP contribution in [0.5, 0.6) is 0 Å². The molecule has 5 nitrogen and oxygen atoms in total. The third kappa shape index (κ3) is 4.26. The van der Waals surface area contributed by atoms with Crippen molar-refractivity contribution in [3.63, 3.8) is 0 Å². The van der Waals surface area contributed by atoms with Crippen molar-refractivity contribution in [1.29, 1.82) is 0 Å². The van der Waals surface area contributed by atoms with Crippen LogP contribution in [-0.2, 0) is 11.2 Å². The van der Waals surface area contributed by atoms with E-state index in [0.717, 1.165) is 25.9 Å². The summed E-state index contributed by atoms with van der Waals surface area (Å²) in [5.74, 6) is -0.0909. The van der Waals surface area contributed by atoms with Crippen LogP contribution in [0, 0.1) is 0 Å². The van der Waals surface area contributed by atoms with E-state index in [9.17, 15) is 9.90 Å². The Morgan fingerprint density at radius 3 is 3.21 bits per heavy atom. The van der Waals surface area contributed by atoms with Crippen LogP contribution in [-0.4, -0.2) is 52.6 Å². The molecular formula is C13H21N3O2S. The summed E-state index contributed by atoms with van der Waals surface area (Å²) in [6.45, 7) is 2.49. The highest BCUT2D eigenvalue weighted by Crippen LogP contribution is 2.24. The molecule has 1 aromatic rings. The first-order chi connectivity index (χ1) is 9.11. The molecule has 6 heteroatoms. The van der Waals surface area contributed by atoms with Gasteiger partial charge in [-0.15, -0.1) is 0 Å². The summed E-state index contributed by atoms with van der Waals surface area (Å²) in [7, 11) is 1.61. The molecule has 1 aromatic heterocycles. The minimum Gasteiger partial charge on any atom is -0.388 e. The van der Waals surface area contributed by atoms with Gasteiger partial charge in [0, 0.05) is 31.2 Å². The van der Waals surface area contributed by atoms with Crippen molar-refractivity contribution >= 4 is 17.4 Å². The number of aromatic nitrogens is 1. The lowest BCUT2D eigenvalue weighted by Gasteiger charge is -2.38. The topological polar surface area (TPSA) is 65.5 Å². The number of nitrogens with one attached hydrogen (secondary N) is 1.